The van der Waals surface area contributed by atoms with Gasteiger partial charge in [0.05, 0.1) is 5.92 Å². The van der Waals surface area contributed by atoms with Crippen LogP contribution in [0.2, 0.25) is 0 Å². The molecule has 9 nitrogen and oxygen atoms in total. The van der Waals surface area contributed by atoms with E-state index in [1.807, 2.05) is 13.8 Å². The lowest BCUT2D eigenvalue weighted by Gasteiger charge is -2.38. The van der Waals surface area contributed by atoms with Crippen LogP contribution in [0, 0.1) is 29.1 Å². The number of carboxylic acid groups (broad SMARTS) is 1. The third-order valence-electron chi connectivity index (χ3n) is 7.99. The van der Waals surface area contributed by atoms with E-state index in [1.165, 1.54) is 11.3 Å². The summed E-state index contributed by atoms with van der Waals surface area (Å²) in [5, 5.41) is 20.5. The first-order valence-corrected chi connectivity index (χ1v) is 12.2. The van der Waals surface area contributed by atoms with Crippen molar-refractivity contribution in [1.82, 2.24) is 10.2 Å². The van der Waals surface area contributed by atoms with Gasteiger partial charge in [-0.2, -0.15) is 0 Å². The first kappa shape index (κ1) is 24.2. The molecule has 5 N–H and O–H groups in total. The number of nitrogen functional groups attached to an aromatic ring is 1. The van der Waals surface area contributed by atoms with E-state index in [2.05, 4.69) is 5.32 Å². The third kappa shape index (κ3) is 4.06. The number of rotatable bonds is 7. The van der Waals surface area contributed by atoms with Gasteiger partial charge in [0.15, 0.2) is 5.72 Å². The van der Waals surface area contributed by atoms with Crippen molar-refractivity contribution in [2.24, 2.45) is 29.4 Å². The van der Waals surface area contributed by atoms with Crippen LogP contribution in [-0.2, 0) is 14.3 Å². The van der Waals surface area contributed by atoms with Crippen molar-refractivity contribution in [1.29, 1.82) is 5.41 Å². The molecule has 0 aromatic heterocycles. The first-order valence-electron chi connectivity index (χ1n) is 12.2. The zero-order valence-corrected chi connectivity index (χ0v) is 19.8. The molecule has 2 aliphatic heterocycles. The molecule has 5 unspecified atom stereocenters. The number of fused-ring (bicyclic) bond motifs is 1. The molecule has 2 saturated heterocycles. The van der Waals surface area contributed by atoms with E-state index >= 15 is 0 Å². The van der Waals surface area contributed by atoms with Crippen molar-refractivity contribution in [3.63, 3.8) is 0 Å². The predicted octanol–water partition coefficient (Wildman–Crippen LogP) is 3.23. The minimum absolute atomic E-state index is 0.0715. The minimum Gasteiger partial charge on any atom is -0.450 e. The molecular weight excluding hydrogens is 436 g/mol. The monoisotopic (exact) mass is 470 g/mol. The van der Waals surface area contributed by atoms with Gasteiger partial charge in [-0.3, -0.25) is 25.2 Å². The summed E-state index contributed by atoms with van der Waals surface area (Å²) in [4.78, 5) is 40.7. The average molecular weight is 471 g/mol. The number of likely N-dealkylation sites (tertiary alicyclic amines) is 1. The number of nitrogens with two attached hydrogens (primary N) is 1. The summed E-state index contributed by atoms with van der Waals surface area (Å²) >= 11 is 0. The van der Waals surface area contributed by atoms with Crippen LogP contribution in [-0.4, -0.2) is 46.1 Å². The lowest BCUT2D eigenvalue weighted by Crippen LogP contribution is -2.57. The number of carbonyl (C=O) groups is 3. The normalized spacial score (nSPS) is 30.3. The molecule has 9 heteroatoms. The number of carbonyl (C=O) groups excluding carboxylic acids is 2. The number of imide groups is 1. The molecule has 3 aliphatic rings. The smallest absolute Gasteiger partial charge is 0.450 e. The highest BCUT2D eigenvalue weighted by Crippen LogP contribution is 2.52. The van der Waals surface area contributed by atoms with Crippen LogP contribution in [0.5, 0.6) is 0 Å². The Morgan fingerprint density at radius 3 is 2.44 bits per heavy atom. The number of benzene rings is 1. The van der Waals surface area contributed by atoms with Gasteiger partial charge in [0, 0.05) is 24.1 Å². The van der Waals surface area contributed by atoms with E-state index in [0.29, 0.717) is 18.5 Å². The molecule has 0 radical (unpaired) electrons. The Bertz CT molecular complexity index is 974. The molecule has 1 aromatic carbocycles. The Labute approximate surface area is 199 Å². The van der Waals surface area contributed by atoms with E-state index in [1.54, 1.807) is 24.3 Å². The maximum atomic E-state index is 13.8. The number of ether oxygens (including phenoxy) is 1. The van der Waals surface area contributed by atoms with Gasteiger partial charge in [0.25, 0.3) is 0 Å². The topological polar surface area (TPSA) is 146 Å². The molecule has 184 valence electrons. The maximum absolute atomic E-state index is 13.8. The van der Waals surface area contributed by atoms with Gasteiger partial charge >= 0.3 is 6.16 Å². The van der Waals surface area contributed by atoms with Crippen molar-refractivity contribution in [3.05, 3.63) is 35.4 Å². The predicted molar refractivity (Wildman–Crippen MR) is 125 cm³/mol. The molecule has 1 aliphatic carbocycles. The zero-order chi connectivity index (χ0) is 24.6. The lowest BCUT2D eigenvalue weighted by atomic mass is 9.79. The zero-order valence-electron chi connectivity index (χ0n) is 19.8. The molecule has 3 fully saturated rings. The van der Waals surface area contributed by atoms with Crippen molar-refractivity contribution >= 4 is 23.8 Å². The summed E-state index contributed by atoms with van der Waals surface area (Å²) in [6.45, 7) is 4.13. The Morgan fingerprint density at radius 1 is 1.24 bits per heavy atom. The van der Waals surface area contributed by atoms with Crippen LogP contribution in [0.3, 0.4) is 0 Å². The molecule has 5 atom stereocenters. The van der Waals surface area contributed by atoms with Crippen LogP contribution in [0.1, 0.15) is 69.5 Å². The van der Waals surface area contributed by atoms with Gasteiger partial charge in [-0.1, -0.05) is 57.4 Å². The Kier molecular flexibility index (Phi) is 6.66. The third-order valence-corrected chi connectivity index (χ3v) is 7.99. The van der Waals surface area contributed by atoms with E-state index in [0.717, 1.165) is 31.2 Å². The highest BCUT2D eigenvalue weighted by atomic mass is 16.7. The molecule has 1 aromatic rings. The summed E-state index contributed by atoms with van der Waals surface area (Å²) in [5.74, 6) is -2.47. The van der Waals surface area contributed by atoms with Crippen LogP contribution in [0.15, 0.2) is 24.3 Å². The average Bonchev–Trinajstić information content (AvgIpc) is 3.28. The van der Waals surface area contributed by atoms with Gasteiger partial charge < -0.3 is 15.6 Å². The summed E-state index contributed by atoms with van der Waals surface area (Å²) < 4.78 is 5.49. The summed E-state index contributed by atoms with van der Waals surface area (Å²) in [6, 6.07) is 6.31. The fourth-order valence-corrected chi connectivity index (χ4v) is 6.02. The quantitative estimate of drug-likeness (QED) is 0.207. The largest absolute Gasteiger partial charge is 0.507 e. The van der Waals surface area contributed by atoms with E-state index in [9.17, 15) is 19.5 Å². The highest BCUT2D eigenvalue weighted by Gasteiger charge is 2.69. The number of hydrogen-bond acceptors (Lipinski definition) is 6. The second kappa shape index (κ2) is 9.37. The van der Waals surface area contributed by atoms with Gasteiger partial charge in [-0.25, -0.2) is 4.79 Å². The second-order valence-electron chi connectivity index (χ2n) is 9.92. The van der Waals surface area contributed by atoms with E-state index < -0.39 is 29.8 Å². The molecule has 34 heavy (non-hydrogen) atoms. The van der Waals surface area contributed by atoms with Gasteiger partial charge in [0.2, 0.25) is 11.8 Å². The Balaban J connectivity index is 1.75. The molecule has 2 heterocycles. The standard InChI is InChI=1S/C25H34N4O5/c1-3-14(2)25(34-24(32)33)19-18(20(28-25)16-9-11-17(12-10-16)21(26)27)22(30)29(23(19)31)13-15-7-5-4-6-8-15/h9-12,14-15,18-20,28H,3-8,13H2,1-2H3,(H3,26,27)(H,32,33). The van der Waals surface area contributed by atoms with Crippen molar-refractivity contribution in [2.75, 3.05) is 6.54 Å². The number of nitrogens with one attached hydrogen (secondary N) is 2. The van der Waals surface area contributed by atoms with E-state index in [4.69, 9.17) is 15.9 Å². The number of nitrogens with zero attached hydrogens (tertiary/aromatic N) is 1. The number of amides is 2. The molecule has 4 rings (SSSR count). The summed E-state index contributed by atoms with van der Waals surface area (Å²) in [7, 11) is 0. The molecule has 2 amide bonds. The Morgan fingerprint density at radius 2 is 1.88 bits per heavy atom. The maximum Gasteiger partial charge on any atom is 0.507 e. The second-order valence-corrected chi connectivity index (χ2v) is 9.92. The van der Waals surface area contributed by atoms with Crippen LogP contribution in [0.4, 0.5) is 4.79 Å². The molecular formula is C25H34N4O5. The fraction of sp³-hybridized carbons (Fsp3) is 0.600. The lowest BCUT2D eigenvalue weighted by molar-refractivity contribution is -0.149. The van der Waals surface area contributed by atoms with Crippen molar-refractivity contribution in [3.8, 4) is 0 Å². The molecule has 0 spiro atoms. The van der Waals surface area contributed by atoms with Gasteiger partial charge in [-0.05, 0) is 30.7 Å². The van der Waals surface area contributed by atoms with Crippen LogP contribution in [0.25, 0.3) is 0 Å². The molecule has 0 bridgehead atoms. The van der Waals surface area contributed by atoms with Crippen molar-refractivity contribution in [2.45, 2.75) is 64.1 Å². The van der Waals surface area contributed by atoms with Crippen LogP contribution >= 0.6 is 0 Å². The van der Waals surface area contributed by atoms with Crippen LogP contribution < -0.4 is 11.1 Å². The van der Waals surface area contributed by atoms with Crippen molar-refractivity contribution < 1.29 is 24.2 Å². The Hall–Kier alpha value is -2.94. The molecule has 1 saturated carbocycles. The first-order chi connectivity index (χ1) is 16.2. The summed E-state index contributed by atoms with van der Waals surface area (Å²) in [5.41, 5.74) is 5.34. The van der Waals surface area contributed by atoms with Gasteiger partial charge in [-0.15, -0.1) is 0 Å². The van der Waals surface area contributed by atoms with E-state index in [-0.39, 0.29) is 29.5 Å². The number of hydrogen-bond donors (Lipinski definition) is 4. The summed E-state index contributed by atoms with van der Waals surface area (Å²) in [6.07, 6.45) is 4.42. The minimum atomic E-state index is -1.51. The highest BCUT2D eigenvalue weighted by molar-refractivity contribution is 6.07. The van der Waals surface area contributed by atoms with Gasteiger partial charge in [0.1, 0.15) is 11.8 Å². The fourth-order valence-electron chi connectivity index (χ4n) is 6.02. The SMILES string of the molecule is CCC(C)C1(OC(=O)O)NC(c2ccc(C(=N)N)cc2)C2C(=O)N(CC3CCCCC3)C(=O)C21. The number of amidine groups is 1.